The molecule has 668 valence electrons. The molecule has 0 aliphatic carbocycles. The zero-order valence-electron chi connectivity index (χ0n) is 74.5. The van der Waals surface area contributed by atoms with Crippen molar-refractivity contribution in [2.75, 3.05) is 42.9 Å². The fourth-order valence-electron chi connectivity index (χ4n) is 16.9. The van der Waals surface area contributed by atoms with Crippen LogP contribution in [0.3, 0.4) is 0 Å². The van der Waals surface area contributed by atoms with Crippen molar-refractivity contribution in [1.29, 1.82) is 0 Å². The number of methoxy groups -OCH3 is 2. The van der Waals surface area contributed by atoms with E-state index >= 15 is 0 Å². The zero-order chi connectivity index (χ0) is 93.8. The van der Waals surface area contributed by atoms with E-state index < -0.39 is 0 Å². The molecule has 0 unspecified atom stereocenters. The van der Waals surface area contributed by atoms with Gasteiger partial charge in [-0.25, -0.2) is 24.9 Å². The number of fused-ring (bicyclic) bond motifs is 11. The van der Waals surface area contributed by atoms with Gasteiger partial charge in [-0.1, -0.05) is 109 Å². The average Bonchev–Trinajstić information content (AvgIpc) is 1.61. The Morgan fingerprint density at radius 2 is 0.623 bits per heavy atom. The van der Waals surface area contributed by atoms with Crippen molar-refractivity contribution in [3.05, 3.63) is 353 Å². The van der Waals surface area contributed by atoms with Crippen LogP contribution < -0.4 is 38.1 Å². The lowest BCUT2D eigenvalue weighted by molar-refractivity contribution is 0.355. The standard InChI is InChI=1S/C23H16N6.C23H19N5O2.C22H17N5O.C20H16N6.C19H14N6/c24-22-11-21(17-10-15-3-1-2-4-19(15)26-12-17)28-23-18(13-27-29(22)23)14-5-6-20-16(9-14)7-8-25-20;1-29-20-8-7-14(10-21(20)30-2)17-13-26-28-22(24)11-19(27-23(17)28)16-9-15-5-3-4-6-18(15)25-12-16;1-13-8-14(6-7-20(13)28)17-12-25-27-21(23)10-19(26-22(17)27)16-9-15-4-2-3-5-18(15)24-11-16;1-25-7-6-14(12-25)16-11-23-26-19(21)9-18(24-20(16)26)15-8-13-4-2-3-5-17(13)22-10-15;20-18-8-17(14-7-12-3-1-2-4-16(12)22-10-14)24-19-15(11-23-25(18)19)13-5-6-21-9-13/h1-13,25H,24H2;3-13H,24H2,1-2H3;2-12,28H,23H2,1H3;2-12H,21H2,1H3;1-11,21H,20H2. The molecule has 0 bridgehead atoms. The molecule has 0 spiro atoms. The topological polar surface area (TPSA) is 421 Å². The first-order valence-corrected chi connectivity index (χ1v) is 43.8. The average molecular weight is 1810 g/mol. The number of nitrogens with one attached hydrogen (secondary N) is 2. The van der Waals surface area contributed by atoms with Gasteiger partial charge in [-0.3, -0.25) is 24.9 Å². The second-order valence-corrected chi connectivity index (χ2v) is 32.9. The Hall–Kier alpha value is -19.6. The van der Waals surface area contributed by atoms with Crippen molar-refractivity contribution in [1.82, 2.24) is 112 Å². The van der Waals surface area contributed by atoms with Crippen LogP contribution in [-0.2, 0) is 7.05 Å². The van der Waals surface area contributed by atoms with E-state index in [-0.39, 0.29) is 5.75 Å². The minimum Gasteiger partial charge on any atom is -0.508 e. The summed E-state index contributed by atoms with van der Waals surface area (Å²) in [6.45, 7) is 1.86. The molecule has 0 aliphatic heterocycles. The second kappa shape index (κ2) is 35.3. The monoisotopic (exact) mass is 1810 g/mol. The lowest BCUT2D eigenvalue weighted by atomic mass is 10.1. The number of anilines is 5. The lowest BCUT2D eigenvalue weighted by Crippen LogP contribution is -2.01. The number of hydrogen-bond donors (Lipinski definition) is 8. The second-order valence-electron chi connectivity index (χ2n) is 32.9. The fourth-order valence-corrected chi connectivity index (χ4v) is 16.9. The van der Waals surface area contributed by atoms with Gasteiger partial charge < -0.3 is 57.8 Å². The van der Waals surface area contributed by atoms with Crippen molar-refractivity contribution >= 4 is 123 Å². The summed E-state index contributed by atoms with van der Waals surface area (Å²) in [7, 11) is 5.21. The Labute approximate surface area is 784 Å². The molecule has 138 heavy (non-hydrogen) atoms. The Balaban J connectivity index is 0.0000000997. The van der Waals surface area contributed by atoms with Gasteiger partial charge in [0.2, 0.25) is 0 Å². The Bertz CT molecular complexity index is 9190. The van der Waals surface area contributed by atoms with Gasteiger partial charge in [-0.05, 0) is 150 Å². The van der Waals surface area contributed by atoms with Crippen molar-refractivity contribution in [3.8, 4) is 129 Å². The third kappa shape index (κ3) is 16.1. The van der Waals surface area contributed by atoms with Crippen LogP contribution in [0.4, 0.5) is 29.1 Å². The van der Waals surface area contributed by atoms with Crippen LogP contribution in [0.1, 0.15) is 5.56 Å². The van der Waals surface area contributed by atoms with Crippen LogP contribution in [0.25, 0.3) is 206 Å². The highest BCUT2D eigenvalue weighted by Gasteiger charge is 2.22. The fraction of sp³-hybridized carbons (Fsp3) is 0.0374. The maximum Gasteiger partial charge on any atom is 0.165 e. The largest absolute Gasteiger partial charge is 0.508 e. The summed E-state index contributed by atoms with van der Waals surface area (Å²) in [5.41, 5.74) is 59.3. The summed E-state index contributed by atoms with van der Waals surface area (Å²) in [6.07, 6.45) is 27.8. The Kier molecular flexibility index (Phi) is 21.5. The predicted octanol–water partition coefficient (Wildman–Crippen LogP) is 20.1. The third-order valence-electron chi connectivity index (χ3n) is 24.0. The molecule has 0 fully saturated rings. The molecule has 0 aliphatic rings. The first-order valence-electron chi connectivity index (χ1n) is 43.8. The first-order chi connectivity index (χ1) is 67.5. The molecular formula is C107H82N28O3. The van der Waals surface area contributed by atoms with Crippen LogP contribution in [0.5, 0.6) is 17.2 Å². The Morgan fingerprint density at radius 3 is 0.964 bits per heavy atom. The van der Waals surface area contributed by atoms with Crippen LogP contribution in [0, 0.1) is 6.92 Å². The molecule has 0 radical (unpaired) electrons. The molecule has 31 nitrogen and oxygen atoms in total. The Morgan fingerprint density at radius 1 is 0.297 bits per heavy atom. The maximum atomic E-state index is 9.81. The van der Waals surface area contributed by atoms with E-state index in [1.165, 1.54) is 0 Å². The molecule has 18 heterocycles. The van der Waals surface area contributed by atoms with E-state index in [1.807, 2.05) is 269 Å². The molecule has 0 saturated heterocycles. The van der Waals surface area contributed by atoms with E-state index in [0.717, 1.165) is 200 Å². The number of nitrogens with two attached hydrogens (primary N) is 5. The molecule has 8 aromatic carbocycles. The summed E-state index contributed by atoms with van der Waals surface area (Å²) in [5, 5.41) is 38.3. The SMILES string of the molecule is COc1ccc(-c2cnn3c(N)cc(-c4cnc5ccccc5c4)nc23)cc1OC.Cc1cc(-c2cnn3c(N)cc(-c4cnc5ccccc5c4)nc23)ccc1O.Cn1ccc(-c2cnn3c(N)cc(-c4cnc5ccccc5c4)nc23)c1.Nc1cc(-c2cnc3ccccc3c2)nc2c(-c3cc[nH]c3)cnn12.Nc1cc(-c2cnc3ccccc3c2)nc2c(-c3ccc4[nH]ccc4c3)cnn12. The van der Waals surface area contributed by atoms with Gasteiger partial charge in [0, 0.05) is 199 Å². The van der Waals surface area contributed by atoms with Crippen LogP contribution in [-0.4, -0.2) is 132 Å². The van der Waals surface area contributed by atoms with Crippen LogP contribution in [0.15, 0.2) is 348 Å². The van der Waals surface area contributed by atoms with E-state index in [2.05, 4.69) is 115 Å². The zero-order valence-corrected chi connectivity index (χ0v) is 74.5. The molecule has 31 heteroatoms. The normalized spacial score (nSPS) is 11.4. The number of benzene rings is 8. The van der Waals surface area contributed by atoms with Gasteiger partial charge >= 0.3 is 0 Å². The smallest absolute Gasteiger partial charge is 0.165 e. The molecular weight excluding hydrogens is 1730 g/mol. The number of nitrogens with zero attached hydrogens (tertiary/aromatic N) is 21. The van der Waals surface area contributed by atoms with Gasteiger partial charge in [-0.15, -0.1) is 0 Å². The van der Waals surface area contributed by atoms with E-state index in [4.69, 9.17) is 63.1 Å². The molecule has 26 aromatic rings. The number of H-pyrrole nitrogens is 2. The van der Waals surface area contributed by atoms with Gasteiger partial charge in [0.15, 0.2) is 39.7 Å². The highest BCUT2D eigenvalue weighted by atomic mass is 16.5. The number of phenols is 1. The van der Waals surface area contributed by atoms with Crippen molar-refractivity contribution < 1.29 is 14.6 Å². The summed E-state index contributed by atoms with van der Waals surface area (Å²) in [4.78, 5) is 53.1. The number of para-hydroxylation sites is 5. The molecule has 0 atom stereocenters. The van der Waals surface area contributed by atoms with Gasteiger partial charge in [-0.2, -0.15) is 48.1 Å². The minimum absolute atomic E-state index is 0.260. The number of aryl methyl sites for hydroxylation is 2. The highest BCUT2D eigenvalue weighted by molar-refractivity contribution is 5.94. The summed E-state index contributed by atoms with van der Waals surface area (Å²) in [6, 6.07) is 83.0. The van der Waals surface area contributed by atoms with Crippen molar-refractivity contribution in [3.63, 3.8) is 0 Å². The summed E-state index contributed by atoms with van der Waals surface area (Å²) < 4.78 is 21.0. The van der Waals surface area contributed by atoms with Crippen LogP contribution >= 0.6 is 0 Å². The number of aromatic hydroxyl groups is 1. The molecule has 0 amide bonds. The number of ether oxygens (including phenoxy) is 2. The first kappa shape index (κ1) is 84.0. The van der Waals surface area contributed by atoms with Crippen molar-refractivity contribution in [2.24, 2.45) is 7.05 Å². The van der Waals surface area contributed by atoms with E-state index in [9.17, 15) is 5.11 Å². The lowest BCUT2D eigenvalue weighted by Gasteiger charge is -2.10. The molecule has 18 aromatic heterocycles. The number of aromatic nitrogens is 23. The van der Waals surface area contributed by atoms with E-state index in [1.54, 1.807) is 79.9 Å². The maximum absolute atomic E-state index is 9.81. The van der Waals surface area contributed by atoms with Crippen LogP contribution in [0.2, 0.25) is 0 Å². The summed E-state index contributed by atoms with van der Waals surface area (Å²) >= 11 is 0. The quantitative estimate of drug-likeness (QED) is 0.0563. The number of hydrogen-bond acceptors (Lipinski definition) is 23. The van der Waals surface area contributed by atoms with Gasteiger partial charge in [0.25, 0.3) is 0 Å². The number of aromatic amines is 2. The van der Waals surface area contributed by atoms with Gasteiger partial charge in [0.05, 0.1) is 101 Å². The van der Waals surface area contributed by atoms with Gasteiger partial charge in [0.1, 0.15) is 34.8 Å². The third-order valence-corrected chi connectivity index (χ3v) is 24.0. The highest BCUT2D eigenvalue weighted by Crippen LogP contribution is 2.40. The number of rotatable bonds is 12. The molecule has 26 rings (SSSR count). The predicted molar refractivity (Wildman–Crippen MR) is 543 cm³/mol. The summed E-state index contributed by atoms with van der Waals surface area (Å²) in [5.74, 6) is 4.16. The van der Waals surface area contributed by atoms with Crippen molar-refractivity contribution in [2.45, 2.75) is 6.92 Å². The number of pyridine rings is 5. The van der Waals surface area contributed by atoms with E-state index in [0.29, 0.717) is 51.9 Å². The number of phenolic OH excluding ortho intramolecular Hbond substituents is 1. The molecule has 0 saturated carbocycles. The number of nitrogen functional groups attached to an aromatic ring is 5. The molecule has 13 N–H and O–H groups in total. The minimum atomic E-state index is 0.260.